The molecule has 0 heterocycles. The van der Waals surface area contributed by atoms with Crippen LogP contribution in [0.4, 0.5) is 0 Å². The molecule has 0 spiro atoms. The Morgan fingerprint density at radius 1 is 1.43 bits per heavy atom. The highest BCUT2D eigenvalue weighted by Gasteiger charge is 2.32. The number of amides is 1. The first-order valence-corrected chi connectivity index (χ1v) is 7.51. The molecule has 0 bridgehead atoms. The lowest BCUT2D eigenvalue weighted by molar-refractivity contribution is 0.0727. The number of aryl methyl sites for hydroxylation is 1. The first-order chi connectivity index (χ1) is 10.0. The van der Waals surface area contributed by atoms with Crippen molar-refractivity contribution in [2.45, 2.75) is 39.2 Å². The van der Waals surface area contributed by atoms with E-state index in [-0.39, 0.29) is 12.5 Å². The van der Waals surface area contributed by atoms with Gasteiger partial charge in [0.1, 0.15) is 0 Å². The van der Waals surface area contributed by atoms with Gasteiger partial charge in [-0.1, -0.05) is 11.8 Å². The summed E-state index contributed by atoms with van der Waals surface area (Å²) in [5.74, 6) is 6.62. The number of carbonyl (C=O) groups is 1. The molecule has 0 saturated heterocycles. The van der Waals surface area contributed by atoms with Gasteiger partial charge in [0.05, 0.1) is 6.61 Å². The number of nitrogens with zero attached hydrogens (tertiary/aromatic N) is 1. The molecule has 1 amide bonds. The normalized spacial score (nSPS) is 15.0. The third kappa shape index (κ3) is 4.09. The first-order valence-electron chi connectivity index (χ1n) is 7.51. The van der Waals surface area contributed by atoms with Gasteiger partial charge in [-0.2, -0.15) is 0 Å². The molecule has 3 heteroatoms. The largest absolute Gasteiger partial charge is 0.395 e. The Hall–Kier alpha value is -1.79. The third-order valence-corrected chi connectivity index (χ3v) is 4.03. The molecule has 0 aromatic heterocycles. The minimum Gasteiger partial charge on any atom is -0.395 e. The maximum absolute atomic E-state index is 12.6. The van der Waals surface area contributed by atoms with Crippen LogP contribution in [-0.2, 0) is 0 Å². The van der Waals surface area contributed by atoms with E-state index in [2.05, 4.69) is 18.8 Å². The molecule has 112 valence electrons. The number of aliphatic hydroxyl groups is 1. The molecule has 1 aliphatic carbocycles. The Morgan fingerprint density at radius 3 is 2.76 bits per heavy atom. The Labute approximate surface area is 127 Å². The lowest BCUT2D eigenvalue weighted by Crippen LogP contribution is -2.36. The van der Waals surface area contributed by atoms with Crippen LogP contribution in [0.2, 0.25) is 0 Å². The molecule has 0 aliphatic heterocycles. The van der Waals surface area contributed by atoms with Crippen molar-refractivity contribution in [2.75, 3.05) is 13.7 Å². The number of benzene rings is 1. The van der Waals surface area contributed by atoms with E-state index in [1.807, 2.05) is 37.1 Å². The summed E-state index contributed by atoms with van der Waals surface area (Å²) in [6.45, 7) is 4.15. The molecule has 1 fully saturated rings. The van der Waals surface area contributed by atoms with Gasteiger partial charge in [-0.15, -0.1) is 0 Å². The molecular formula is C18H23NO2. The molecule has 1 atom stereocenters. The maximum atomic E-state index is 12.6. The summed E-state index contributed by atoms with van der Waals surface area (Å²) in [5, 5.41) is 8.77. The van der Waals surface area contributed by atoms with Crippen LogP contribution in [0.5, 0.6) is 0 Å². The van der Waals surface area contributed by atoms with Crippen molar-refractivity contribution < 1.29 is 9.90 Å². The summed E-state index contributed by atoms with van der Waals surface area (Å²) in [5.41, 5.74) is 2.55. The summed E-state index contributed by atoms with van der Waals surface area (Å²) in [4.78, 5) is 14.4. The predicted molar refractivity (Wildman–Crippen MR) is 84.0 cm³/mol. The predicted octanol–water partition coefficient (Wildman–Crippen LogP) is 2.60. The minimum absolute atomic E-state index is 0.0586. The zero-order valence-electron chi connectivity index (χ0n) is 13.0. The minimum atomic E-state index is 0.0586. The maximum Gasteiger partial charge on any atom is 0.253 e. The molecule has 1 aromatic rings. The van der Waals surface area contributed by atoms with Gasteiger partial charge in [0.2, 0.25) is 0 Å². The average molecular weight is 285 g/mol. The molecule has 3 nitrogen and oxygen atoms in total. The highest BCUT2D eigenvalue weighted by atomic mass is 16.2. The van der Waals surface area contributed by atoms with Gasteiger partial charge < -0.3 is 10.0 Å². The molecule has 1 aliphatic rings. The van der Waals surface area contributed by atoms with E-state index in [4.69, 9.17) is 5.11 Å². The zero-order valence-corrected chi connectivity index (χ0v) is 13.0. The van der Waals surface area contributed by atoms with Crippen LogP contribution in [0.15, 0.2) is 18.2 Å². The van der Waals surface area contributed by atoms with Gasteiger partial charge in [-0.25, -0.2) is 0 Å². The molecule has 0 radical (unpaired) electrons. The second-order valence-corrected chi connectivity index (χ2v) is 5.86. The van der Waals surface area contributed by atoms with E-state index in [9.17, 15) is 4.79 Å². The van der Waals surface area contributed by atoms with Crippen molar-refractivity contribution in [3.63, 3.8) is 0 Å². The number of hydrogen-bond donors (Lipinski definition) is 1. The smallest absolute Gasteiger partial charge is 0.253 e. The van der Waals surface area contributed by atoms with Crippen LogP contribution in [0, 0.1) is 24.7 Å². The van der Waals surface area contributed by atoms with Crippen LogP contribution in [-0.4, -0.2) is 35.6 Å². The lowest BCUT2D eigenvalue weighted by atomic mass is 10.0. The second kappa shape index (κ2) is 6.78. The molecule has 21 heavy (non-hydrogen) atoms. The monoisotopic (exact) mass is 285 g/mol. The van der Waals surface area contributed by atoms with E-state index in [0.29, 0.717) is 23.9 Å². The average Bonchev–Trinajstić information content (AvgIpc) is 3.29. The quantitative estimate of drug-likeness (QED) is 0.864. The van der Waals surface area contributed by atoms with Gasteiger partial charge in [-0.05, 0) is 56.4 Å². The number of aliphatic hydroxyl groups excluding tert-OH is 1. The van der Waals surface area contributed by atoms with Crippen LogP contribution < -0.4 is 0 Å². The number of rotatable bonds is 4. The molecular weight excluding hydrogens is 262 g/mol. The number of carbonyl (C=O) groups excluding carboxylic acids is 1. The van der Waals surface area contributed by atoms with E-state index < -0.39 is 0 Å². The van der Waals surface area contributed by atoms with Crippen LogP contribution >= 0.6 is 0 Å². The third-order valence-electron chi connectivity index (χ3n) is 4.03. The summed E-state index contributed by atoms with van der Waals surface area (Å²) >= 11 is 0. The fourth-order valence-corrected chi connectivity index (χ4v) is 2.48. The second-order valence-electron chi connectivity index (χ2n) is 5.86. The van der Waals surface area contributed by atoms with Crippen molar-refractivity contribution in [2.24, 2.45) is 5.92 Å². The van der Waals surface area contributed by atoms with Crippen molar-refractivity contribution >= 4 is 5.91 Å². The van der Waals surface area contributed by atoms with E-state index in [1.54, 1.807) is 0 Å². The van der Waals surface area contributed by atoms with Gasteiger partial charge in [-0.3, -0.25) is 4.79 Å². The summed E-state index contributed by atoms with van der Waals surface area (Å²) in [7, 11) is 1.88. The van der Waals surface area contributed by atoms with Crippen molar-refractivity contribution in [3.05, 3.63) is 34.9 Å². The van der Waals surface area contributed by atoms with Crippen molar-refractivity contribution in [3.8, 4) is 11.8 Å². The van der Waals surface area contributed by atoms with Crippen LogP contribution in [0.1, 0.15) is 47.7 Å². The SMILES string of the molecule is Cc1cc(C#CCCO)cc(C(=O)N(C)C(C)C2CC2)c1. The summed E-state index contributed by atoms with van der Waals surface area (Å²) in [6.07, 6.45) is 2.91. The van der Waals surface area contributed by atoms with Crippen LogP contribution in [0.3, 0.4) is 0 Å². The Kier molecular flexibility index (Phi) is 5.03. The van der Waals surface area contributed by atoms with E-state index in [1.165, 1.54) is 12.8 Å². The van der Waals surface area contributed by atoms with Crippen molar-refractivity contribution in [1.29, 1.82) is 0 Å². The van der Waals surface area contributed by atoms with Crippen molar-refractivity contribution in [1.82, 2.24) is 4.90 Å². The molecule has 1 unspecified atom stereocenters. The highest BCUT2D eigenvalue weighted by Crippen LogP contribution is 2.35. The lowest BCUT2D eigenvalue weighted by Gasteiger charge is -2.25. The molecule has 2 rings (SSSR count). The van der Waals surface area contributed by atoms with E-state index in [0.717, 1.165) is 11.1 Å². The molecule has 1 saturated carbocycles. The Bertz CT molecular complexity index is 579. The Balaban J connectivity index is 2.18. The number of hydrogen-bond acceptors (Lipinski definition) is 2. The fourth-order valence-electron chi connectivity index (χ4n) is 2.48. The Morgan fingerprint density at radius 2 is 2.14 bits per heavy atom. The zero-order chi connectivity index (χ0) is 15.4. The van der Waals surface area contributed by atoms with Gasteiger partial charge in [0, 0.05) is 30.6 Å². The molecule has 1 aromatic carbocycles. The van der Waals surface area contributed by atoms with Gasteiger partial charge in [0.25, 0.3) is 5.91 Å². The van der Waals surface area contributed by atoms with Crippen LogP contribution in [0.25, 0.3) is 0 Å². The summed E-state index contributed by atoms with van der Waals surface area (Å²) in [6, 6.07) is 6.01. The fraction of sp³-hybridized carbons (Fsp3) is 0.500. The summed E-state index contributed by atoms with van der Waals surface area (Å²) < 4.78 is 0. The van der Waals surface area contributed by atoms with Gasteiger partial charge in [0.15, 0.2) is 0 Å². The molecule has 1 N–H and O–H groups in total. The first kappa shape index (κ1) is 15.6. The highest BCUT2D eigenvalue weighted by molar-refractivity contribution is 5.94. The van der Waals surface area contributed by atoms with E-state index >= 15 is 0 Å². The topological polar surface area (TPSA) is 40.5 Å². The standard InChI is InChI=1S/C18H23NO2/c1-13-10-15(6-4-5-9-20)12-17(11-13)18(21)19(3)14(2)16-7-8-16/h10-12,14,16,20H,5,7-9H2,1-3H3. The van der Waals surface area contributed by atoms with Gasteiger partial charge >= 0.3 is 0 Å².